The molecular weight excluding hydrogens is 293 g/mol. The molecule has 1 amide bonds. The Morgan fingerprint density at radius 3 is 2.52 bits per heavy atom. The van der Waals surface area contributed by atoms with Crippen LogP contribution in [0.1, 0.15) is 16.8 Å². The van der Waals surface area contributed by atoms with Crippen LogP contribution < -0.4 is 4.74 Å². The Morgan fingerprint density at radius 2 is 2.05 bits per heavy atom. The van der Waals surface area contributed by atoms with Gasteiger partial charge in [-0.1, -0.05) is 0 Å². The molecule has 0 fully saturated rings. The van der Waals surface area contributed by atoms with Crippen LogP contribution in [0, 0.1) is 0 Å². The zero-order valence-electron chi connectivity index (χ0n) is 11.1. The fraction of sp³-hybridized carbons (Fsp3) is 0.417. The minimum absolute atomic E-state index is 0.0144. The third-order valence-corrected chi connectivity index (χ3v) is 2.37. The molecule has 21 heavy (non-hydrogen) atoms. The summed E-state index contributed by atoms with van der Waals surface area (Å²) in [5.41, 5.74) is 0.127. The predicted molar refractivity (Wildman–Crippen MR) is 65.0 cm³/mol. The highest BCUT2D eigenvalue weighted by Gasteiger charge is 2.28. The van der Waals surface area contributed by atoms with Crippen molar-refractivity contribution in [3.8, 4) is 5.88 Å². The smallest absolute Gasteiger partial charge is 0.422 e. The van der Waals surface area contributed by atoms with E-state index < -0.39 is 24.7 Å². The summed E-state index contributed by atoms with van der Waals surface area (Å²) in [6, 6.07) is 2.41. The van der Waals surface area contributed by atoms with Crippen molar-refractivity contribution in [3.63, 3.8) is 0 Å². The van der Waals surface area contributed by atoms with Gasteiger partial charge in [0.1, 0.15) is 0 Å². The number of carboxylic acid groups (broad SMARTS) is 1. The van der Waals surface area contributed by atoms with Gasteiger partial charge in [-0.2, -0.15) is 13.2 Å². The molecule has 1 heterocycles. The molecule has 0 spiro atoms. The second kappa shape index (κ2) is 6.91. The van der Waals surface area contributed by atoms with Gasteiger partial charge in [-0.15, -0.1) is 0 Å². The first-order valence-corrected chi connectivity index (χ1v) is 5.82. The van der Waals surface area contributed by atoms with Crippen LogP contribution >= 0.6 is 0 Å². The van der Waals surface area contributed by atoms with Gasteiger partial charge in [0.2, 0.25) is 5.88 Å². The lowest BCUT2D eigenvalue weighted by molar-refractivity contribution is -0.154. The fourth-order valence-corrected chi connectivity index (χ4v) is 1.33. The van der Waals surface area contributed by atoms with Crippen LogP contribution in [-0.2, 0) is 4.79 Å². The Labute approximate surface area is 118 Å². The number of aliphatic carboxylic acids is 1. The lowest BCUT2D eigenvalue weighted by atomic mass is 10.2. The number of alkyl halides is 3. The molecule has 0 unspecified atom stereocenters. The van der Waals surface area contributed by atoms with E-state index in [0.717, 1.165) is 12.3 Å². The van der Waals surface area contributed by atoms with Crippen LogP contribution in [-0.4, -0.2) is 53.2 Å². The molecule has 116 valence electrons. The summed E-state index contributed by atoms with van der Waals surface area (Å²) in [4.78, 5) is 27.0. The average Bonchev–Trinajstić information content (AvgIpc) is 2.41. The van der Waals surface area contributed by atoms with Crippen molar-refractivity contribution in [2.24, 2.45) is 0 Å². The number of carboxylic acids is 1. The number of pyridine rings is 1. The summed E-state index contributed by atoms with van der Waals surface area (Å²) < 4.78 is 40.2. The fourth-order valence-electron chi connectivity index (χ4n) is 1.33. The van der Waals surface area contributed by atoms with Crippen molar-refractivity contribution >= 4 is 11.9 Å². The molecule has 0 saturated carbocycles. The Balaban J connectivity index is 2.60. The summed E-state index contributed by atoms with van der Waals surface area (Å²) in [5.74, 6) is -1.77. The SMILES string of the molecule is CN(CCC(=O)O)C(=O)c1ccc(OCC(F)(F)F)nc1. The molecule has 0 bridgehead atoms. The van der Waals surface area contributed by atoms with Crippen LogP contribution in [0.25, 0.3) is 0 Å². The molecule has 6 nitrogen and oxygen atoms in total. The lowest BCUT2D eigenvalue weighted by Gasteiger charge is -2.16. The van der Waals surface area contributed by atoms with Crippen molar-refractivity contribution in [3.05, 3.63) is 23.9 Å². The second-order valence-electron chi connectivity index (χ2n) is 4.16. The number of ether oxygens (including phenoxy) is 1. The predicted octanol–water partition coefficient (Wildman–Crippen LogP) is 1.57. The third-order valence-electron chi connectivity index (χ3n) is 2.37. The summed E-state index contributed by atoms with van der Waals surface area (Å²) >= 11 is 0. The Hall–Kier alpha value is -2.32. The van der Waals surface area contributed by atoms with E-state index in [1.807, 2.05) is 0 Å². The number of aromatic nitrogens is 1. The van der Waals surface area contributed by atoms with Crippen LogP contribution in [0.5, 0.6) is 5.88 Å². The highest BCUT2D eigenvalue weighted by molar-refractivity contribution is 5.93. The van der Waals surface area contributed by atoms with Gasteiger partial charge in [0.15, 0.2) is 6.61 Å². The van der Waals surface area contributed by atoms with Crippen molar-refractivity contribution in [2.45, 2.75) is 12.6 Å². The zero-order chi connectivity index (χ0) is 16.0. The maximum atomic E-state index is 11.9. The molecule has 0 aromatic carbocycles. The number of amides is 1. The lowest BCUT2D eigenvalue weighted by Crippen LogP contribution is -2.29. The number of carbonyl (C=O) groups excluding carboxylic acids is 1. The highest BCUT2D eigenvalue weighted by Crippen LogP contribution is 2.17. The van der Waals surface area contributed by atoms with Gasteiger partial charge in [-0.05, 0) is 6.07 Å². The van der Waals surface area contributed by atoms with Crippen molar-refractivity contribution in [1.82, 2.24) is 9.88 Å². The normalized spacial score (nSPS) is 11.0. The first-order chi connectivity index (χ1) is 9.69. The van der Waals surface area contributed by atoms with Crippen molar-refractivity contribution in [2.75, 3.05) is 20.2 Å². The molecule has 0 saturated heterocycles. The summed E-state index contributed by atoms with van der Waals surface area (Å²) in [7, 11) is 1.42. The maximum absolute atomic E-state index is 11.9. The summed E-state index contributed by atoms with van der Waals surface area (Å²) in [5, 5.41) is 8.52. The van der Waals surface area contributed by atoms with Gasteiger partial charge in [-0.25, -0.2) is 4.98 Å². The quantitative estimate of drug-likeness (QED) is 0.863. The van der Waals surface area contributed by atoms with E-state index in [9.17, 15) is 22.8 Å². The number of hydrogen-bond acceptors (Lipinski definition) is 4. The molecule has 0 aliphatic rings. The first-order valence-electron chi connectivity index (χ1n) is 5.82. The third kappa shape index (κ3) is 6.11. The largest absolute Gasteiger partial charge is 0.481 e. The Bertz CT molecular complexity index is 502. The van der Waals surface area contributed by atoms with Gasteiger partial charge < -0.3 is 14.7 Å². The number of rotatable bonds is 6. The Morgan fingerprint density at radius 1 is 1.38 bits per heavy atom. The van der Waals surface area contributed by atoms with E-state index in [1.54, 1.807) is 0 Å². The van der Waals surface area contributed by atoms with Gasteiger partial charge in [0, 0.05) is 25.9 Å². The van der Waals surface area contributed by atoms with E-state index in [2.05, 4.69) is 9.72 Å². The van der Waals surface area contributed by atoms with Crippen molar-refractivity contribution < 1.29 is 32.6 Å². The zero-order valence-corrected chi connectivity index (χ0v) is 11.1. The molecule has 1 rings (SSSR count). The Kier molecular flexibility index (Phi) is 5.51. The molecular formula is C12H13F3N2O4. The van der Waals surface area contributed by atoms with Gasteiger partial charge in [0.05, 0.1) is 12.0 Å². The average molecular weight is 306 g/mol. The highest BCUT2D eigenvalue weighted by atomic mass is 19.4. The molecule has 0 aliphatic carbocycles. The van der Waals surface area contributed by atoms with Crippen LogP contribution in [0.2, 0.25) is 0 Å². The van der Waals surface area contributed by atoms with E-state index in [0.29, 0.717) is 0 Å². The number of nitrogens with zero attached hydrogens (tertiary/aromatic N) is 2. The van der Waals surface area contributed by atoms with Gasteiger partial charge in [-0.3, -0.25) is 9.59 Å². The molecule has 1 aromatic rings. The minimum Gasteiger partial charge on any atom is -0.481 e. The molecule has 1 N–H and O–H groups in total. The van der Waals surface area contributed by atoms with Crippen LogP contribution in [0.3, 0.4) is 0 Å². The summed E-state index contributed by atoms with van der Waals surface area (Å²) in [6.07, 6.45) is -3.60. The molecule has 9 heteroatoms. The molecule has 1 aromatic heterocycles. The number of halogens is 3. The first kappa shape index (κ1) is 16.7. The summed E-state index contributed by atoms with van der Waals surface area (Å²) in [6.45, 7) is -1.45. The number of hydrogen-bond donors (Lipinski definition) is 1. The van der Waals surface area contributed by atoms with E-state index in [1.165, 1.54) is 18.0 Å². The molecule has 0 aliphatic heterocycles. The van der Waals surface area contributed by atoms with E-state index in [4.69, 9.17) is 5.11 Å². The van der Waals surface area contributed by atoms with Crippen LogP contribution in [0.4, 0.5) is 13.2 Å². The second-order valence-corrected chi connectivity index (χ2v) is 4.16. The maximum Gasteiger partial charge on any atom is 0.422 e. The van der Waals surface area contributed by atoms with E-state index >= 15 is 0 Å². The minimum atomic E-state index is -4.47. The molecule has 0 atom stereocenters. The van der Waals surface area contributed by atoms with Gasteiger partial charge in [0.25, 0.3) is 5.91 Å². The van der Waals surface area contributed by atoms with Crippen LogP contribution in [0.15, 0.2) is 18.3 Å². The van der Waals surface area contributed by atoms with Gasteiger partial charge >= 0.3 is 12.1 Å². The standard InChI is InChI=1S/C12H13F3N2O4/c1-17(5-4-10(18)19)11(20)8-2-3-9(16-6-8)21-7-12(13,14)15/h2-3,6H,4-5,7H2,1H3,(H,18,19). The van der Waals surface area contributed by atoms with Crippen molar-refractivity contribution in [1.29, 1.82) is 0 Å². The monoisotopic (exact) mass is 306 g/mol. The topological polar surface area (TPSA) is 79.7 Å². The molecule has 0 radical (unpaired) electrons. The number of carbonyl (C=O) groups is 2. The van der Waals surface area contributed by atoms with E-state index in [-0.39, 0.29) is 24.4 Å².